The highest BCUT2D eigenvalue weighted by molar-refractivity contribution is 6.05. The maximum absolute atomic E-state index is 13.2. The average molecular weight is 343 g/mol. The van der Waals surface area contributed by atoms with Gasteiger partial charge in [0.1, 0.15) is 0 Å². The number of para-hydroxylation sites is 1. The summed E-state index contributed by atoms with van der Waals surface area (Å²) in [7, 11) is 0. The Hall–Kier alpha value is -2.88. The number of carbonyl (C=O) groups is 1. The molecular weight excluding hydrogens is 322 g/mol. The Bertz CT molecular complexity index is 937. The van der Waals surface area contributed by atoms with Gasteiger partial charge in [0, 0.05) is 23.8 Å². The maximum Gasteiger partial charge on any atom is 0.294 e. The van der Waals surface area contributed by atoms with Gasteiger partial charge in [-0.25, -0.2) is 4.98 Å². The molecule has 1 unspecified atom stereocenters. The van der Waals surface area contributed by atoms with Gasteiger partial charge in [0.15, 0.2) is 5.82 Å². The molecule has 1 N–H and O–H groups in total. The second kappa shape index (κ2) is 6.13. The van der Waals surface area contributed by atoms with Crippen LogP contribution in [-0.4, -0.2) is 22.4 Å². The van der Waals surface area contributed by atoms with Crippen molar-refractivity contribution >= 4 is 11.6 Å². The number of fused-ring (bicyclic) bond motifs is 2. The average Bonchev–Trinajstić information content (AvgIpc) is 3.30. The molecule has 0 spiro atoms. The highest BCUT2D eigenvalue weighted by atomic mass is 16.2. The van der Waals surface area contributed by atoms with Crippen molar-refractivity contribution in [2.75, 3.05) is 11.4 Å². The van der Waals surface area contributed by atoms with E-state index in [9.17, 15) is 4.79 Å². The first-order chi connectivity index (χ1) is 12.8. The molecule has 0 saturated heterocycles. The van der Waals surface area contributed by atoms with E-state index in [1.807, 2.05) is 29.2 Å². The van der Waals surface area contributed by atoms with E-state index in [0.29, 0.717) is 12.4 Å². The molecule has 0 fully saturated rings. The molecule has 3 aromatic rings. The fraction of sp³-hybridized carbons (Fsp3) is 0.273. The van der Waals surface area contributed by atoms with E-state index in [2.05, 4.69) is 40.3 Å². The van der Waals surface area contributed by atoms with Gasteiger partial charge in [0.2, 0.25) is 0 Å². The van der Waals surface area contributed by atoms with E-state index in [0.717, 1.165) is 36.3 Å². The summed E-state index contributed by atoms with van der Waals surface area (Å²) in [6.45, 7) is 0.660. The van der Waals surface area contributed by atoms with Gasteiger partial charge in [0.25, 0.3) is 5.91 Å². The van der Waals surface area contributed by atoms with Crippen LogP contribution in [0.25, 0.3) is 0 Å². The number of aryl methyl sites for hydroxylation is 2. The lowest BCUT2D eigenvalue weighted by molar-refractivity contribution is 0.0979. The molecule has 1 atom stereocenters. The molecule has 4 nitrogen and oxygen atoms in total. The summed E-state index contributed by atoms with van der Waals surface area (Å²) in [6, 6.07) is 18.6. The molecule has 1 aliphatic carbocycles. The molecule has 1 amide bonds. The van der Waals surface area contributed by atoms with E-state index in [-0.39, 0.29) is 11.8 Å². The zero-order valence-corrected chi connectivity index (χ0v) is 14.6. The largest absolute Gasteiger partial charge is 0.337 e. The number of H-pyrrole nitrogens is 1. The highest BCUT2D eigenvalue weighted by Gasteiger charge is 2.34. The first-order valence-corrected chi connectivity index (χ1v) is 9.35. The minimum atomic E-state index is -0.0229. The first kappa shape index (κ1) is 15.4. The van der Waals surface area contributed by atoms with Crippen LogP contribution in [0.4, 0.5) is 5.69 Å². The molecular formula is C22H21N3O. The summed E-state index contributed by atoms with van der Waals surface area (Å²) in [4.78, 5) is 23.0. The number of hydrogen-bond acceptors (Lipinski definition) is 2. The molecule has 0 bridgehead atoms. The number of aromatic amines is 1. The molecule has 1 aromatic heterocycles. The standard InChI is InChI=1S/C22H21N3O/c26-22(21-23-18-11-5-6-12-19(18)24-21)25-14-17(15-8-2-1-3-9-15)16-10-4-7-13-20(16)25/h1-4,7-10,13,17H,5-6,11-12,14H2,(H,23,24). The van der Waals surface area contributed by atoms with Crippen LogP contribution in [0.1, 0.15) is 51.9 Å². The van der Waals surface area contributed by atoms with Gasteiger partial charge in [-0.05, 0) is 42.9 Å². The molecule has 1 aliphatic heterocycles. The van der Waals surface area contributed by atoms with Crippen LogP contribution in [-0.2, 0) is 12.8 Å². The monoisotopic (exact) mass is 343 g/mol. The first-order valence-electron chi connectivity index (χ1n) is 9.35. The number of nitrogens with zero attached hydrogens (tertiary/aromatic N) is 2. The van der Waals surface area contributed by atoms with E-state index >= 15 is 0 Å². The normalized spacial score (nSPS) is 18.5. The Balaban J connectivity index is 1.51. The van der Waals surface area contributed by atoms with Crippen LogP contribution in [0, 0.1) is 0 Å². The molecule has 5 rings (SSSR count). The number of carbonyl (C=O) groups excluding carboxylic acids is 1. The minimum Gasteiger partial charge on any atom is -0.337 e. The van der Waals surface area contributed by atoms with Gasteiger partial charge in [-0.1, -0.05) is 48.5 Å². The summed E-state index contributed by atoms with van der Waals surface area (Å²) < 4.78 is 0. The Morgan fingerprint density at radius 1 is 1.00 bits per heavy atom. The van der Waals surface area contributed by atoms with Gasteiger partial charge in [-0.2, -0.15) is 0 Å². The van der Waals surface area contributed by atoms with Crippen molar-refractivity contribution in [3.63, 3.8) is 0 Å². The SMILES string of the molecule is O=C(c1nc2c([nH]1)CCCC2)N1CC(c2ccccc2)c2ccccc21. The van der Waals surface area contributed by atoms with E-state index < -0.39 is 0 Å². The number of aromatic nitrogens is 2. The Labute approximate surface area is 152 Å². The summed E-state index contributed by atoms with van der Waals surface area (Å²) in [5.74, 6) is 0.673. The van der Waals surface area contributed by atoms with Crippen molar-refractivity contribution < 1.29 is 4.79 Å². The predicted octanol–water partition coefficient (Wildman–Crippen LogP) is 4.08. The van der Waals surface area contributed by atoms with Crippen molar-refractivity contribution in [1.82, 2.24) is 9.97 Å². The fourth-order valence-electron chi connectivity index (χ4n) is 4.25. The Morgan fingerprint density at radius 3 is 2.62 bits per heavy atom. The lowest BCUT2D eigenvalue weighted by atomic mass is 9.93. The van der Waals surface area contributed by atoms with Crippen LogP contribution >= 0.6 is 0 Å². The van der Waals surface area contributed by atoms with Crippen LogP contribution in [0.3, 0.4) is 0 Å². The van der Waals surface area contributed by atoms with Gasteiger partial charge in [-0.3, -0.25) is 4.79 Å². The number of anilines is 1. The van der Waals surface area contributed by atoms with Crippen molar-refractivity contribution in [2.24, 2.45) is 0 Å². The van der Waals surface area contributed by atoms with Gasteiger partial charge in [0.05, 0.1) is 5.69 Å². The van der Waals surface area contributed by atoms with Crippen LogP contribution in [0.5, 0.6) is 0 Å². The molecule has 4 heteroatoms. The second-order valence-corrected chi connectivity index (χ2v) is 7.16. The quantitative estimate of drug-likeness (QED) is 0.762. The Kier molecular flexibility index (Phi) is 3.63. The summed E-state index contributed by atoms with van der Waals surface area (Å²) in [5.41, 5.74) is 5.68. The molecule has 2 aliphatic rings. The van der Waals surface area contributed by atoms with Crippen molar-refractivity contribution in [2.45, 2.75) is 31.6 Å². The number of hydrogen-bond donors (Lipinski definition) is 1. The lowest BCUT2D eigenvalue weighted by Crippen LogP contribution is -2.31. The Morgan fingerprint density at radius 2 is 1.77 bits per heavy atom. The van der Waals surface area contributed by atoms with Crippen molar-refractivity contribution in [1.29, 1.82) is 0 Å². The predicted molar refractivity (Wildman–Crippen MR) is 102 cm³/mol. The molecule has 26 heavy (non-hydrogen) atoms. The summed E-state index contributed by atoms with van der Waals surface area (Å²) in [6.07, 6.45) is 4.31. The van der Waals surface area contributed by atoms with Gasteiger partial charge in [-0.15, -0.1) is 0 Å². The number of benzene rings is 2. The number of amides is 1. The zero-order valence-electron chi connectivity index (χ0n) is 14.6. The lowest BCUT2D eigenvalue weighted by Gasteiger charge is -2.16. The minimum absolute atomic E-state index is 0.0229. The summed E-state index contributed by atoms with van der Waals surface area (Å²) >= 11 is 0. The van der Waals surface area contributed by atoms with E-state index in [1.54, 1.807) is 0 Å². The maximum atomic E-state index is 13.2. The van der Waals surface area contributed by atoms with E-state index in [4.69, 9.17) is 0 Å². The van der Waals surface area contributed by atoms with Crippen molar-refractivity contribution in [3.05, 3.63) is 82.9 Å². The molecule has 2 heterocycles. The molecule has 130 valence electrons. The third-order valence-corrected chi connectivity index (χ3v) is 5.57. The van der Waals surface area contributed by atoms with Crippen LogP contribution in [0.15, 0.2) is 54.6 Å². The van der Waals surface area contributed by atoms with Crippen molar-refractivity contribution in [3.8, 4) is 0 Å². The third kappa shape index (κ3) is 2.45. The van der Waals surface area contributed by atoms with Crippen LogP contribution in [0.2, 0.25) is 0 Å². The number of imidazole rings is 1. The van der Waals surface area contributed by atoms with Gasteiger partial charge >= 0.3 is 0 Å². The highest BCUT2D eigenvalue weighted by Crippen LogP contribution is 2.40. The fourth-order valence-corrected chi connectivity index (χ4v) is 4.25. The topological polar surface area (TPSA) is 49.0 Å². The zero-order chi connectivity index (χ0) is 17.5. The summed E-state index contributed by atoms with van der Waals surface area (Å²) in [5, 5.41) is 0. The number of rotatable bonds is 2. The van der Waals surface area contributed by atoms with Gasteiger partial charge < -0.3 is 9.88 Å². The molecule has 2 aromatic carbocycles. The molecule has 0 saturated carbocycles. The number of nitrogens with one attached hydrogen (secondary N) is 1. The molecule has 0 radical (unpaired) electrons. The third-order valence-electron chi connectivity index (χ3n) is 5.57. The van der Waals surface area contributed by atoms with Crippen LogP contribution < -0.4 is 4.90 Å². The smallest absolute Gasteiger partial charge is 0.294 e. The second-order valence-electron chi connectivity index (χ2n) is 7.16. The van der Waals surface area contributed by atoms with E-state index in [1.165, 1.54) is 17.5 Å².